The molecule has 7 heteroatoms. The predicted molar refractivity (Wildman–Crippen MR) is 63.9 cm³/mol. The van der Waals surface area contributed by atoms with E-state index in [1.165, 1.54) is 12.1 Å². The molecule has 1 aromatic carbocycles. The molecule has 1 N–H and O–H groups in total. The van der Waals surface area contributed by atoms with Gasteiger partial charge >= 0.3 is 0 Å². The molecule has 0 saturated carbocycles. The summed E-state index contributed by atoms with van der Waals surface area (Å²) in [5.74, 6) is -0.257. The van der Waals surface area contributed by atoms with Crippen molar-refractivity contribution in [3.8, 4) is 0 Å². The number of dihydropyridines is 1. The van der Waals surface area contributed by atoms with E-state index in [-0.39, 0.29) is 17.3 Å². The van der Waals surface area contributed by atoms with Crippen molar-refractivity contribution in [3.05, 3.63) is 68.5 Å². The van der Waals surface area contributed by atoms with Crippen LogP contribution in [0, 0.1) is 20.2 Å². The summed E-state index contributed by atoms with van der Waals surface area (Å²) in [5.41, 5.74) is -0.0997. The van der Waals surface area contributed by atoms with Gasteiger partial charge in [0.2, 0.25) is 0 Å². The SMILES string of the molecule is O=[N+]([O-])c1ccc(C2C=CNC=C2)c([N+](=O)[O-])c1. The van der Waals surface area contributed by atoms with Crippen molar-refractivity contribution < 1.29 is 9.85 Å². The third-order valence-electron chi connectivity index (χ3n) is 2.58. The predicted octanol–water partition coefficient (Wildman–Crippen LogP) is 2.22. The van der Waals surface area contributed by atoms with E-state index in [2.05, 4.69) is 5.32 Å². The summed E-state index contributed by atoms with van der Waals surface area (Å²) in [6.07, 6.45) is 6.81. The van der Waals surface area contributed by atoms with Gasteiger partial charge in [-0.25, -0.2) is 0 Å². The fraction of sp³-hybridized carbons (Fsp3) is 0.0909. The first-order chi connectivity index (χ1) is 8.59. The van der Waals surface area contributed by atoms with E-state index in [4.69, 9.17) is 0 Å². The van der Waals surface area contributed by atoms with Crippen LogP contribution in [0.2, 0.25) is 0 Å². The summed E-state index contributed by atoms with van der Waals surface area (Å²) in [6, 6.07) is 3.67. The molecular formula is C11H9N3O4. The molecular weight excluding hydrogens is 238 g/mol. The van der Waals surface area contributed by atoms with E-state index in [0.29, 0.717) is 5.56 Å². The molecule has 0 atom stereocenters. The third kappa shape index (κ3) is 2.19. The first-order valence-electron chi connectivity index (χ1n) is 5.11. The lowest BCUT2D eigenvalue weighted by molar-refractivity contribution is -0.394. The highest BCUT2D eigenvalue weighted by Gasteiger charge is 2.23. The normalized spacial score (nSPS) is 14.2. The standard InChI is InChI=1S/C11H9N3O4/c15-13(16)9-1-2-10(11(7-9)14(17)18)8-3-5-12-6-4-8/h1-8,12H. The molecule has 0 amide bonds. The van der Waals surface area contributed by atoms with Gasteiger partial charge in [0.1, 0.15) is 0 Å². The molecule has 1 aliphatic heterocycles. The minimum atomic E-state index is -0.648. The molecule has 0 unspecified atom stereocenters. The monoisotopic (exact) mass is 247 g/mol. The minimum absolute atomic E-state index is 0.245. The molecule has 2 rings (SSSR count). The van der Waals surface area contributed by atoms with Gasteiger partial charge in [0, 0.05) is 17.5 Å². The summed E-state index contributed by atoms with van der Waals surface area (Å²) >= 11 is 0. The zero-order valence-electron chi connectivity index (χ0n) is 9.15. The third-order valence-corrected chi connectivity index (χ3v) is 2.58. The number of nitrogens with one attached hydrogen (secondary N) is 1. The number of hydrogen-bond donors (Lipinski definition) is 1. The molecule has 7 nitrogen and oxygen atoms in total. The number of allylic oxidation sites excluding steroid dienone is 2. The van der Waals surface area contributed by atoms with Crippen molar-refractivity contribution in [1.82, 2.24) is 5.32 Å². The van der Waals surface area contributed by atoms with Gasteiger partial charge in [-0.05, 0) is 18.5 Å². The second-order valence-electron chi connectivity index (χ2n) is 3.67. The minimum Gasteiger partial charge on any atom is -0.368 e. The smallest absolute Gasteiger partial charge is 0.280 e. The zero-order chi connectivity index (χ0) is 13.1. The molecule has 18 heavy (non-hydrogen) atoms. The van der Waals surface area contributed by atoms with Crippen molar-refractivity contribution in [2.24, 2.45) is 0 Å². The van der Waals surface area contributed by atoms with Crippen LogP contribution in [0.3, 0.4) is 0 Å². The Balaban J connectivity index is 2.49. The van der Waals surface area contributed by atoms with Gasteiger partial charge in [-0.2, -0.15) is 0 Å². The first-order valence-corrected chi connectivity index (χ1v) is 5.11. The quantitative estimate of drug-likeness (QED) is 0.652. The highest BCUT2D eigenvalue weighted by atomic mass is 16.6. The number of hydrogen-bond acceptors (Lipinski definition) is 5. The molecule has 0 bridgehead atoms. The molecule has 1 aromatic rings. The number of nitrogens with zero attached hydrogens (tertiary/aromatic N) is 2. The van der Waals surface area contributed by atoms with E-state index in [1.807, 2.05) is 0 Å². The Hall–Kier alpha value is -2.70. The van der Waals surface area contributed by atoms with Crippen LogP contribution in [0.25, 0.3) is 0 Å². The van der Waals surface area contributed by atoms with Gasteiger partial charge in [-0.15, -0.1) is 0 Å². The lowest BCUT2D eigenvalue weighted by Crippen LogP contribution is -2.06. The Morgan fingerprint density at radius 3 is 2.28 bits per heavy atom. The van der Waals surface area contributed by atoms with Crippen molar-refractivity contribution in [3.63, 3.8) is 0 Å². The van der Waals surface area contributed by atoms with Crippen molar-refractivity contribution in [1.29, 1.82) is 0 Å². The molecule has 92 valence electrons. The van der Waals surface area contributed by atoms with E-state index in [0.717, 1.165) is 6.07 Å². The van der Waals surface area contributed by atoms with Crippen LogP contribution in [-0.2, 0) is 0 Å². The average Bonchev–Trinajstić information content (AvgIpc) is 2.39. The van der Waals surface area contributed by atoms with Crippen LogP contribution in [0.4, 0.5) is 11.4 Å². The lowest BCUT2D eigenvalue weighted by Gasteiger charge is -2.11. The second-order valence-corrected chi connectivity index (χ2v) is 3.67. The fourth-order valence-electron chi connectivity index (χ4n) is 1.73. The highest BCUT2D eigenvalue weighted by molar-refractivity contribution is 5.53. The number of rotatable bonds is 3. The first kappa shape index (κ1) is 11.8. The molecule has 1 heterocycles. The molecule has 0 spiro atoms. The number of non-ortho nitro benzene ring substituents is 1. The average molecular weight is 247 g/mol. The summed E-state index contributed by atoms with van der Waals surface area (Å²) in [5, 5.41) is 24.4. The molecule has 0 radical (unpaired) electrons. The van der Waals surface area contributed by atoms with Crippen LogP contribution < -0.4 is 5.32 Å². The van der Waals surface area contributed by atoms with Gasteiger partial charge < -0.3 is 5.32 Å². The lowest BCUT2D eigenvalue weighted by atomic mass is 9.96. The van der Waals surface area contributed by atoms with Crippen molar-refractivity contribution in [2.45, 2.75) is 5.92 Å². The topological polar surface area (TPSA) is 98.3 Å². The number of benzene rings is 1. The summed E-state index contributed by atoms with van der Waals surface area (Å²) in [6.45, 7) is 0. The van der Waals surface area contributed by atoms with E-state index in [1.54, 1.807) is 24.6 Å². The van der Waals surface area contributed by atoms with Gasteiger partial charge in [0.05, 0.1) is 15.9 Å². The Labute approximate surface area is 102 Å². The van der Waals surface area contributed by atoms with E-state index < -0.39 is 9.85 Å². The molecule has 0 aliphatic carbocycles. The summed E-state index contributed by atoms with van der Waals surface area (Å²) < 4.78 is 0. The zero-order valence-corrected chi connectivity index (χ0v) is 9.15. The molecule has 0 fully saturated rings. The van der Waals surface area contributed by atoms with Crippen LogP contribution in [0.5, 0.6) is 0 Å². The Morgan fingerprint density at radius 2 is 1.72 bits per heavy atom. The number of nitro groups is 2. The maximum Gasteiger partial charge on any atom is 0.280 e. The van der Waals surface area contributed by atoms with E-state index >= 15 is 0 Å². The summed E-state index contributed by atoms with van der Waals surface area (Å²) in [4.78, 5) is 20.3. The maximum absolute atomic E-state index is 11.0. The van der Waals surface area contributed by atoms with Crippen LogP contribution >= 0.6 is 0 Å². The molecule has 0 aromatic heterocycles. The number of nitro benzene ring substituents is 2. The van der Waals surface area contributed by atoms with Crippen LogP contribution in [-0.4, -0.2) is 9.85 Å². The Kier molecular flexibility index (Phi) is 3.05. The van der Waals surface area contributed by atoms with Crippen LogP contribution in [0.1, 0.15) is 11.5 Å². The maximum atomic E-state index is 11.0. The van der Waals surface area contributed by atoms with E-state index in [9.17, 15) is 20.2 Å². The second kappa shape index (κ2) is 4.66. The summed E-state index contributed by atoms with van der Waals surface area (Å²) in [7, 11) is 0. The van der Waals surface area contributed by atoms with Gasteiger partial charge in [0.25, 0.3) is 11.4 Å². The Bertz CT molecular complexity index is 553. The van der Waals surface area contributed by atoms with Gasteiger partial charge in [-0.3, -0.25) is 20.2 Å². The van der Waals surface area contributed by atoms with Gasteiger partial charge in [-0.1, -0.05) is 12.2 Å². The van der Waals surface area contributed by atoms with Gasteiger partial charge in [0.15, 0.2) is 0 Å². The Morgan fingerprint density at radius 1 is 1.06 bits per heavy atom. The van der Waals surface area contributed by atoms with Crippen molar-refractivity contribution in [2.75, 3.05) is 0 Å². The van der Waals surface area contributed by atoms with Crippen LogP contribution in [0.15, 0.2) is 42.8 Å². The molecule has 0 saturated heterocycles. The highest BCUT2D eigenvalue weighted by Crippen LogP contribution is 2.32. The fourth-order valence-corrected chi connectivity index (χ4v) is 1.73. The van der Waals surface area contributed by atoms with Crippen molar-refractivity contribution >= 4 is 11.4 Å². The largest absolute Gasteiger partial charge is 0.368 e. The molecule has 1 aliphatic rings.